The molecule has 1 amide bonds. The molecule has 0 aliphatic carbocycles. The first-order chi connectivity index (χ1) is 13.2. The third kappa shape index (κ3) is 5.04. The number of benzene rings is 2. The molecule has 1 heterocycles. The maximum Gasteiger partial charge on any atom is 0.408 e. The van der Waals surface area contributed by atoms with E-state index in [4.69, 9.17) is 9.47 Å². The van der Waals surface area contributed by atoms with Gasteiger partial charge in [-0.3, -0.25) is 4.98 Å². The average Bonchev–Trinajstić information content (AvgIpc) is 2.72. The van der Waals surface area contributed by atoms with Gasteiger partial charge in [0.15, 0.2) is 0 Å². The summed E-state index contributed by atoms with van der Waals surface area (Å²) < 4.78 is 9.98. The number of ether oxygens (including phenoxy) is 2. The standard InChI is InChI=1S/C21H20N2O4/c1-26-20(24)19(23-21(25)27-14-15-7-3-2-4-8-15)12-18-11-16-9-5-6-10-17(16)13-22-18/h2-11,13,19H,12,14H2,1H3,(H,23,25). The molecular formula is C21H20N2O4. The number of nitrogens with zero attached hydrogens (tertiary/aromatic N) is 1. The minimum Gasteiger partial charge on any atom is -0.467 e. The SMILES string of the molecule is COC(=O)C(Cc1cc2ccccc2cn1)NC(=O)OCc1ccccc1. The van der Waals surface area contributed by atoms with Gasteiger partial charge in [-0.05, 0) is 17.0 Å². The van der Waals surface area contributed by atoms with Crippen LogP contribution in [0.1, 0.15) is 11.3 Å². The van der Waals surface area contributed by atoms with Crippen LogP contribution in [-0.4, -0.2) is 30.2 Å². The summed E-state index contributed by atoms with van der Waals surface area (Å²) in [6.45, 7) is 0.120. The van der Waals surface area contributed by atoms with E-state index >= 15 is 0 Å². The zero-order valence-corrected chi connectivity index (χ0v) is 14.9. The summed E-state index contributed by atoms with van der Waals surface area (Å²) in [6, 6.07) is 18.1. The molecule has 1 aromatic heterocycles. The number of methoxy groups -OCH3 is 1. The molecule has 3 rings (SSSR count). The Hall–Kier alpha value is -3.41. The predicted octanol–water partition coefficient (Wildman–Crippen LogP) is 3.25. The number of aromatic nitrogens is 1. The van der Waals surface area contributed by atoms with Gasteiger partial charge < -0.3 is 14.8 Å². The minimum absolute atomic E-state index is 0.120. The second-order valence-electron chi connectivity index (χ2n) is 6.01. The van der Waals surface area contributed by atoms with Crippen molar-refractivity contribution in [3.63, 3.8) is 0 Å². The number of amides is 1. The molecule has 1 N–H and O–H groups in total. The van der Waals surface area contributed by atoms with Gasteiger partial charge in [-0.2, -0.15) is 0 Å². The van der Waals surface area contributed by atoms with Crippen molar-refractivity contribution in [2.45, 2.75) is 19.1 Å². The maximum atomic E-state index is 12.1. The smallest absolute Gasteiger partial charge is 0.408 e. The number of alkyl carbamates (subject to hydrolysis) is 1. The monoisotopic (exact) mass is 364 g/mol. The van der Waals surface area contributed by atoms with Crippen LogP contribution in [0.4, 0.5) is 4.79 Å². The van der Waals surface area contributed by atoms with E-state index in [-0.39, 0.29) is 13.0 Å². The molecule has 0 saturated heterocycles. The number of hydrogen-bond acceptors (Lipinski definition) is 5. The number of carbonyl (C=O) groups excluding carboxylic acids is 2. The largest absolute Gasteiger partial charge is 0.467 e. The summed E-state index contributed by atoms with van der Waals surface area (Å²) in [6.07, 6.45) is 1.26. The Labute approximate surface area is 157 Å². The molecule has 2 aromatic carbocycles. The van der Waals surface area contributed by atoms with Crippen molar-refractivity contribution in [3.8, 4) is 0 Å². The van der Waals surface area contributed by atoms with Crippen LogP contribution in [0.5, 0.6) is 0 Å². The van der Waals surface area contributed by atoms with Gasteiger partial charge in [0.05, 0.1) is 7.11 Å². The zero-order valence-electron chi connectivity index (χ0n) is 14.9. The summed E-state index contributed by atoms with van der Waals surface area (Å²) in [4.78, 5) is 28.5. The normalized spacial score (nSPS) is 11.6. The predicted molar refractivity (Wildman–Crippen MR) is 101 cm³/mol. The fourth-order valence-electron chi connectivity index (χ4n) is 2.69. The number of esters is 1. The molecule has 1 atom stereocenters. The van der Waals surface area contributed by atoms with Crippen LogP contribution in [0.15, 0.2) is 66.9 Å². The summed E-state index contributed by atoms with van der Waals surface area (Å²) >= 11 is 0. The number of nitrogens with one attached hydrogen (secondary N) is 1. The molecule has 0 aliphatic rings. The molecule has 0 aliphatic heterocycles. The van der Waals surface area contributed by atoms with Crippen molar-refractivity contribution < 1.29 is 19.1 Å². The van der Waals surface area contributed by atoms with Crippen LogP contribution in [0, 0.1) is 0 Å². The third-order valence-electron chi connectivity index (χ3n) is 4.09. The van der Waals surface area contributed by atoms with Crippen LogP contribution in [0.25, 0.3) is 10.8 Å². The highest BCUT2D eigenvalue weighted by Gasteiger charge is 2.23. The Morgan fingerprint density at radius 2 is 1.74 bits per heavy atom. The van der Waals surface area contributed by atoms with Crippen LogP contribution in [-0.2, 0) is 27.3 Å². The molecule has 0 saturated carbocycles. The van der Waals surface area contributed by atoms with Crippen molar-refractivity contribution in [1.29, 1.82) is 0 Å². The lowest BCUT2D eigenvalue weighted by Gasteiger charge is -2.16. The number of carbonyl (C=O) groups is 2. The molecule has 0 spiro atoms. The maximum absolute atomic E-state index is 12.1. The highest BCUT2D eigenvalue weighted by atomic mass is 16.6. The van der Waals surface area contributed by atoms with Crippen LogP contribution in [0.3, 0.4) is 0 Å². The number of pyridine rings is 1. The van der Waals surface area contributed by atoms with Crippen molar-refractivity contribution in [1.82, 2.24) is 10.3 Å². The molecule has 3 aromatic rings. The van der Waals surface area contributed by atoms with Crippen molar-refractivity contribution in [2.75, 3.05) is 7.11 Å². The molecule has 0 bridgehead atoms. The lowest BCUT2D eigenvalue weighted by Crippen LogP contribution is -2.43. The van der Waals surface area contributed by atoms with Gasteiger partial charge in [-0.15, -0.1) is 0 Å². The molecule has 138 valence electrons. The highest BCUT2D eigenvalue weighted by molar-refractivity contribution is 5.83. The minimum atomic E-state index is -0.882. The first kappa shape index (κ1) is 18.4. The van der Waals surface area contributed by atoms with Gasteiger partial charge in [-0.25, -0.2) is 9.59 Å². The fourth-order valence-corrected chi connectivity index (χ4v) is 2.69. The Morgan fingerprint density at radius 1 is 1.04 bits per heavy atom. The van der Waals surface area contributed by atoms with Gasteiger partial charge in [-0.1, -0.05) is 54.6 Å². The number of hydrogen-bond donors (Lipinski definition) is 1. The van der Waals surface area contributed by atoms with Crippen LogP contribution >= 0.6 is 0 Å². The Morgan fingerprint density at radius 3 is 2.48 bits per heavy atom. The van der Waals surface area contributed by atoms with E-state index in [1.165, 1.54) is 7.11 Å². The Bertz CT molecular complexity index is 928. The first-order valence-corrected chi connectivity index (χ1v) is 8.54. The summed E-state index contributed by atoms with van der Waals surface area (Å²) in [7, 11) is 1.28. The van der Waals surface area contributed by atoms with E-state index in [0.29, 0.717) is 5.69 Å². The summed E-state index contributed by atoms with van der Waals surface area (Å²) in [5, 5.41) is 4.58. The lowest BCUT2D eigenvalue weighted by molar-refractivity contribution is -0.143. The molecule has 6 heteroatoms. The second kappa shape index (κ2) is 8.80. The molecule has 0 radical (unpaired) electrons. The van der Waals surface area contributed by atoms with E-state index < -0.39 is 18.1 Å². The summed E-state index contributed by atoms with van der Waals surface area (Å²) in [5.74, 6) is -0.554. The topological polar surface area (TPSA) is 77.5 Å². The third-order valence-corrected chi connectivity index (χ3v) is 4.09. The van der Waals surface area contributed by atoms with Gasteiger partial charge in [0.1, 0.15) is 12.6 Å². The molecule has 0 fully saturated rings. The number of fused-ring (bicyclic) bond motifs is 1. The Balaban J connectivity index is 1.65. The Kier molecular flexibility index (Phi) is 5.99. The van der Waals surface area contributed by atoms with Crippen molar-refractivity contribution in [2.24, 2.45) is 0 Å². The van der Waals surface area contributed by atoms with Crippen molar-refractivity contribution >= 4 is 22.8 Å². The van der Waals surface area contributed by atoms with Crippen molar-refractivity contribution in [3.05, 3.63) is 78.1 Å². The molecule has 1 unspecified atom stereocenters. The second-order valence-corrected chi connectivity index (χ2v) is 6.01. The summed E-state index contributed by atoms with van der Waals surface area (Å²) in [5.41, 5.74) is 1.53. The zero-order chi connectivity index (χ0) is 19.1. The fraction of sp³-hybridized carbons (Fsp3) is 0.190. The first-order valence-electron chi connectivity index (χ1n) is 8.54. The van der Waals surface area contributed by atoms with Gasteiger partial charge >= 0.3 is 12.1 Å². The van der Waals surface area contributed by atoms with E-state index in [0.717, 1.165) is 16.3 Å². The average molecular weight is 364 g/mol. The molecular weight excluding hydrogens is 344 g/mol. The lowest BCUT2D eigenvalue weighted by atomic mass is 10.1. The van der Waals surface area contributed by atoms with E-state index in [1.807, 2.05) is 60.7 Å². The van der Waals surface area contributed by atoms with Crippen LogP contribution in [0.2, 0.25) is 0 Å². The van der Waals surface area contributed by atoms with Gasteiger partial charge in [0.25, 0.3) is 0 Å². The van der Waals surface area contributed by atoms with Crippen LogP contribution < -0.4 is 5.32 Å². The number of rotatable bonds is 6. The highest BCUT2D eigenvalue weighted by Crippen LogP contribution is 2.14. The quantitative estimate of drug-likeness (QED) is 0.680. The van der Waals surface area contributed by atoms with E-state index in [9.17, 15) is 9.59 Å². The van der Waals surface area contributed by atoms with E-state index in [2.05, 4.69) is 10.3 Å². The van der Waals surface area contributed by atoms with Gasteiger partial charge in [0, 0.05) is 23.7 Å². The van der Waals surface area contributed by atoms with Gasteiger partial charge in [0.2, 0.25) is 0 Å². The molecule has 27 heavy (non-hydrogen) atoms. The molecule has 6 nitrogen and oxygen atoms in total. The van der Waals surface area contributed by atoms with E-state index in [1.54, 1.807) is 6.20 Å².